The van der Waals surface area contributed by atoms with Gasteiger partial charge in [0.25, 0.3) is 0 Å². The number of amides is 1. The van der Waals surface area contributed by atoms with Crippen molar-refractivity contribution < 1.29 is 4.79 Å². The average molecular weight is 226 g/mol. The predicted octanol–water partition coefficient (Wildman–Crippen LogP) is 1.88. The second-order valence-corrected chi connectivity index (χ2v) is 5.57. The standard InChI is InChI=1S/C13H26N2O/c1-10(2)8-12-9-15(7-5-6-14-12)13(16)11(3)4/h10-12,14H,5-9H2,1-4H3. The predicted molar refractivity (Wildman–Crippen MR) is 67.3 cm³/mol. The highest BCUT2D eigenvalue weighted by atomic mass is 16.2. The van der Waals surface area contributed by atoms with Crippen molar-refractivity contribution in [1.82, 2.24) is 10.2 Å². The van der Waals surface area contributed by atoms with Crippen LogP contribution in [0.2, 0.25) is 0 Å². The van der Waals surface area contributed by atoms with Gasteiger partial charge in [0.15, 0.2) is 0 Å². The molecule has 3 heteroatoms. The lowest BCUT2D eigenvalue weighted by atomic mass is 10.0. The van der Waals surface area contributed by atoms with Gasteiger partial charge in [-0.15, -0.1) is 0 Å². The molecule has 1 N–H and O–H groups in total. The maximum absolute atomic E-state index is 12.0. The van der Waals surface area contributed by atoms with Gasteiger partial charge in [-0.3, -0.25) is 4.79 Å². The number of rotatable bonds is 3. The van der Waals surface area contributed by atoms with Crippen molar-refractivity contribution in [2.45, 2.75) is 46.6 Å². The normalized spacial score (nSPS) is 22.6. The Morgan fingerprint density at radius 2 is 2.06 bits per heavy atom. The van der Waals surface area contributed by atoms with E-state index in [0.29, 0.717) is 17.9 Å². The van der Waals surface area contributed by atoms with Crippen LogP contribution in [0.25, 0.3) is 0 Å². The first-order valence-corrected chi connectivity index (χ1v) is 6.53. The summed E-state index contributed by atoms with van der Waals surface area (Å²) in [6.07, 6.45) is 2.23. The third-order valence-electron chi connectivity index (χ3n) is 3.04. The van der Waals surface area contributed by atoms with E-state index in [1.165, 1.54) is 0 Å². The van der Waals surface area contributed by atoms with Crippen molar-refractivity contribution in [3.63, 3.8) is 0 Å². The maximum atomic E-state index is 12.0. The number of nitrogens with zero attached hydrogens (tertiary/aromatic N) is 1. The highest BCUT2D eigenvalue weighted by molar-refractivity contribution is 5.78. The van der Waals surface area contributed by atoms with Crippen molar-refractivity contribution in [2.24, 2.45) is 11.8 Å². The Kier molecular flexibility index (Phi) is 5.26. The van der Waals surface area contributed by atoms with Crippen LogP contribution in [0.1, 0.15) is 40.5 Å². The third kappa shape index (κ3) is 4.12. The summed E-state index contributed by atoms with van der Waals surface area (Å²) in [5.41, 5.74) is 0. The Labute approximate surface area is 99.6 Å². The first kappa shape index (κ1) is 13.5. The average Bonchev–Trinajstić information content (AvgIpc) is 2.41. The molecule has 1 heterocycles. The molecule has 1 atom stereocenters. The van der Waals surface area contributed by atoms with E-state index in [1.807, 2.05) is 18.7 Å². The lowest BCUT2D eigenvalue weighted by molar-refractivity contribution is -0.134. The summed E-state index contributed by atoms with van der Waals surface area (Å²) in [4.78, 5) is 14.0. The van der Waals surface area contributed by atoms with E-state index in [-0.39, 0.29) is 5.92 Å². The number of hydrogen-bond donors (Lipinski definition) is 1. The number of hydrogen-bond acceptors (Lipinski definition) is 2. The van der Waals surface area contributed by atoms with E-state index in [4.69, 9.17) is 0 Å². The molecule has 0 bridgehead atoms. The van der Waals surface area contributed by atoms with Gasteiger partial charge in [0.1, 0.15) is 0 Å². The molecule has 3 nitrogen and oxygen atoms in total. The van der Waals surface area contributed by atoms with Crippen LogP contribution in [0.4, 0.5) is 0 Å². The highest BCUT2D eigenvalue weighted by Gasteiger charge is 2.23. The van der Waals surface area contributed by atoms with Crippen molar-refractivity contribution in [1.29, 1.82) is 0 Å². The Morgan fingerprint density at radius 3 is 2.62 bits per heavy atom. The van der Waals surface area contributed by atoms with Gasteiger partial charge in [-0.25, -0.2) is 0 Å². The molecule has 0 aromatic heterocycles. The van der Waals surface area contributed by atoms with E-state index in [0.717, 1.165) is 32.5 Å². The van der Waals surface area contributed by atoms with E-state index in [9.17, 15) is 4.79 Å². The van der Waals surface area contributed by atoms with E-state index < -0.39 is 0 Å². The fourth-order valence-corrected chi connectivity index (χ4v) is 2.29. The molecule has 1 aliphatic heterocycles. The van der Waals surface area contributed by atoms with Crippen LogP contribution in [-0.2, 0) is 4.79 Å². The van der Waals surface area contributed by atoms with E-state index >= 15 is 0 Å². The van der Waals surface area contributed by atoms with Crippen molar-refractivity contribution >= 4 is 5.91 Å². The fraction of sp³-hybridized carbons (Fsp3) is 0.923. The molecule has 0 aliphatic carbocycles. The number of nitrogens with one attached hydrogen (secondary N) is 1. The summed E-state index contributed by atoms with van der Waals surface area (Å²) in [7, 11) is 0. The van der Waals surface area contributed by atoms with Crippen LogP contribution in [0.15, 0.2) is 0 Å². The van der Waals surface area contributed by atoms with Crippen LogP contribution in [0.3, 0.4) is 0 Å². The van der Waals surface area contributed by atoms with Crippen molar-refractivity contribution in [2.75, 3.05) is 19.6 Å². The van der Waals surface area contributed by atoms with Crippen molar-refractivity contribution in [3.05, 3.63) is 0 Å². The van der Waals surface area contributed by atoms with Crippen LogP contribution in [-0.4, -0.2) is 36.5 Å². The molecule has 1 fully saturated rings. The molecule has 0 spiro atoms. The Bertz CT molecular complexity index is 226. The summed E-state index contributed by atoms with van der Waals surface area (Å²) in [6.45, 7) is 11.3. The van der Waals surface area contributed by atoms with Gasteiger partial charge in [0, 0.05) is 25.0 Å². The molecule has 1 rings (SSSR count). The van der Waals surface area contributed by atoms with E-state index in [2.05, 4.69) is 19.2 Å². The molecule has 16 heavy (non-hydrogen) atoms. The number of carbonyl (C=O) groups excluding carboxylic acids is 1. The lowest BCUT2D eigenvalue weighted by Crippen LogP contribution is -2.42. The molecule has 0 saturated carbocycles. The summed E-state index contributed by atoms with van der Waals surface area (Å²) < 4.78 is 0. The molecule has 1 aliphatic rings. The molecule has 1 saturated heterocycles. The minimum Gasteiger partial charge on any atom is -0.341 e. The molecule has 0 aromatic rings. The van der Waals surface area contributed by atoms with Crippen LogP contribution < -0.4 is 5.32 Å². The lowest BCUT2D eigenvalue weighted by Gasteiger charge is -2.27. The fourth-order valence-electron chi connectivity index (χ4n) is 2.29. The minimum atomic E-state index is 0.123. The maximum Gasteiger partial charge on any atom is 0.225 e. The third-order valence-corrected chi connectivity index (χ3v) is 3.04. The molecular weight excluding hydrogens is 200 g/mol. The largest absolute Gasteiger partial charge is 0.341 e. The second kappa shape index (κ2) is 6.24. The quantitative estimate of drug-likeness (QED) is 0.797. The number of carbonyl (C=O) groups is 1. The minimum absolute atomic E-state index is 0.123. The first-order valence-electron chi connectivity index (χ1n) is 6.53. The molecule has 1 amide bonds. The van der Waals surface area contributed by atoms with Crippen molar-refractivity contribution in [3.8, 4) is 0 Å². The summed E-state index contributed by atoms with van der Waals surface area (Å²) >= 11 is 0. The smallest absolute Gasteiger partial charge is 0.225 e. The Hall–Kier alpha value is -0.570. The summed E-state index contributed by atoms with van der Waals surface area (Å²) in [6, 6.07) is 0.477. The Morgan fingerprint density at radius 1 is 1.38 bits per heavy atom. The van der Waals surface area contributed by atoms with Gasteiger partial charge in [-0.2, -0.15) is 0 Å². The van der Waals surface area contributed by atoms with Crippen LogP contribution in [0.5, 0.6) is 0 Å². The van der Waals surface area contributed by atoms with Gasteiger partial charge in [-0.1, -0.05) is 27.7 Å². The van der Waals surface area contributed by atoms with Gasteiger partial charge >= 0.3 is 0 Å². The molecular formula is C13H26N2O. The summed E-state index contributed by atoms with van der Waals surface area (Å²) in [5, 5.41) is 3.54. The molecule has 94 valence electrons. The second-order valence-electron chi connectivity index (χ2n) is 5.57. The SMILES string of the molecule is CC(C)CC1CN(C(=O)C(C)C)CCCN1. The Balaban J connectivity index is 2.55. The zero-order valence-electron chi connectivity index (χ0n) is 11.1. The zero-order chi connectivity index (χ0) is 12.1. The topological polar surface area (TPSA) is 32.3 Å². The molecule has 0 aromatic carbocycles. The van der Waals surface area contributed by atoms with Gasteiger partial charge in [0.2, 0.25) is 5.91 Å². The highest BCUT2D eigenvalue weighted by Crippen LogP contribution is 2.12. The molecule has 0 radical (unpaired) electrons. The van der Waals surface area contributed by atoms with E-state index in [1.54, 1.807) is 0 Å². The molecule has 1 unspecified atom stereocenters. The zero-order valence-corrected chi connectivity index (χ0v) is 11.1. The van der Waals surface area contributed by atoms with Crippen LogP contribution in [0, 0.1) is 11.8 Å². The summed E-state index contributed by atoms with van der Waals surface area (Å²) in [5.74, 6) is 1.11. The van der Waals surface area contributed by atoms with Gasteiger partial charge in [0.05, 0.1) is 0 Å². The van der Waals surface area contributed by atoms with Gasteiger partial charge in [-0.05, 0) is 25.3 Å². The monoisotopic (exact) mass is 226 g/mol. The van der Waals surface area contributed by atoms with Crippen LogP contribution >= 0.6 is 0 Å². The van der Waals surface area contributed by atoms with Gasteiger partial charge < -0.3 is 10.2 Å². The first-order chi connectivity index (χ1) is 7.50.